The molecule has 1 aromatic carbocycles. The maximum Gasteiger partial charge on any atom is 0.256 e. The van der Waals surface area contributed by atoms with Crippen molar-refractivity contribution >= 4 is 34.5 Å². The van der Waals surface area contributed by atoms with E-state index in [9.17, 15) is 9.59 Å². The maximum absolute atomic E-state index is 12.6. The number of rotatable bonds is 0. The largest absolute Gasteiger partial charge is 0.315 e. The van der Waals surface area contributed by atoms with Gasteiger partial charge in [-0.15, -0.1) is 11.8 Å². The average Bonchev–Trinajstić information content (AvgIpc) is 2.57. The van der Waals surface area contributed by atoms with Gasteiger partial charge in [0.2, 0.25) is 5.12 Å². The summed E-state index contributed by atoms with van der Waals surface area (Å²) in [5, 5.41) is 0.309. The van der Waals surface area contributed by atoms with E-state index in [1.54, 1.807) is 22.7 Å². The van der Waals surface area contributed by atoms with E-state index in [0.717, 1.165) is 4.90 Å². The molecule has 2 heterocycles. The number of amides is 1. The molecule has 5 heteroatoms. The molecule has 1 amide bonds. The van der Waals surface area contributed by atoms with E-state index in [2.05, 4.69) is 0 Å². The molecule has 0 bridgehead atoms. The molecule has 1 aromatic rings. The van der Waals surface area contributed by atoms with Crippen LogP contribution in [0.4, 0.5) is 0 Å². The maximum atomic E-state index is 12.6. The Morgan fingerprint density at radius 1 is 1.17 bits per heavy atom. The predicted octanol–water partition coefficient (Wildman–Crippen LogP) is 2.61. The minimum atomic E-state index is -0.296. The van der Waals surface area contributed by atoms with Crippen LogP contribution in [0.2, 0.25) is 0 Å². The first-order valence-electron chi connectivity index (χ1n) is 5.88. The van der Waals surface area contributed by atoms with Gasteiger partial charge < -0.3 is 4.90 Å². The molecule has 0 spiro atoms. The highest BCUT2D eigenvalue weighted by atomic mass is 32.2. The lowest BCUT2D eigenvalue weighted by atomic mass is 10.1. The lowest BCUT2D eigenvalue weighted by molar-refractivity contribution is -0.114. The Morgan fingerprint density at radius 2 is 1.89 bits per heavy atom. The summed E-state index contributed by atoms with van der Waals surface area (Å²) in [4.78, 5) is 27.4. The Hall–Kier alpha value is -0.940. The zero-order chi connectivity index (χ0) is 12.9. The highest BCUT2D eigenvalue weighted by Gasteiger charge is 2.47. The van der Waals surface area contributed by atoms with Crippen LogP contribution < -0.4 is 0 Å². The van der Waals surface area contributed by atoms with Crippen LogP contribution in [0.5, 0.6) is 0 Å². The number of fused-ring (bicyclic) bond motifs is 2. The second-order valence-corrected chi connectivity index (χ2v) is 7.26. The highest BCUT2D eigenvalue weighted by Crippen LogP contribution is 2.42. The predicted molar refractivity (Wildman–Crippen MR) is 73.8 cm³/mol. The Bertz CT molecular complexity index is 531. The SMILES string of the molecule is CC1SC(C)N2C(=O)c3ccccc3SC(=O)C12. The highest BCUT2D eigenvalue weighted by molar-refractivity contribution is 8.14. The standard InChI is InChI=1S/C13H13NO2S2/c1-7-11-13(16)18-10-6-4-3-5-9(10)12(15)14(11)8(2)17-7/h3-8,11H,1-2H3. The summed E-state index contributed by atoms with van der Waals surface area (Å²) < 4.78 is 0. The van der Waals surface area contributed by atoms with Gasteiger partial charge in [-0.25, -0.2) is 0 Å². The van der Waals surface area contributed by atoms with Gasteiger partial charge in [-0.2, -0.15) is 0 Å². The third kappa shape index (κ3) is 1.68. The number of hydrogen-bond donors (Lipinski definition) is 0. The molecule has 18 heavy (non-hydrogen) atoms. The van der Waals surface area contributed by atoms with Gasteiger partial charge in [-0.1, -0.05) is 19.1 Å². The van der Waals surface area contributed by atoms with Crippen molar-refractivity contribution in [1.82, 2.24) is 4.90 Å². The molecule has 0 aliphatic carbocycles. The van der Waals surface area contributed by atoms with Crippen molar-refractivity contribution in [2.75, 3.05) is 0 Å². The molecule has 3 nitrogen and oxygen atoms in total. The fraction of sp³-hybridized carbons (Fsp3) is 0.385. The zero-order valence-corrected chi connectivity index (χ0v) is 11.8. The van der Waals surface area contributed by atoms with Crippen LogP contribution in [0, 0.1) is 0 Å². The van der Waals surface area contributed by atoms with E-state index in [1.807, 2.05) is 32.0 Å². The van der Waals surface area contributed by atoms with E-state index in [4.69, 9.17) is 0 Å². The second-order valence-electron chi connectivity index (χ2n) is 4.52. The molecule has 3 rings (SSSR count). The second kappa shape index (κ2) is 4.31. The first-order chi connectivity index (χ1) is 8.59. The van der Waals surface area contributed by atoms with E-state index in [1.165, 1.54) is 11.8 Å². The molecular weight excluding hydrogens is 266 g/mol. The lowest BCUT2D eigenvalue weighted by Crippen LogP contribution is -2.44. The summed E-state index contributed by atoms with van der Waals surface area (Å²) in [6.45, 7) is 4.01. The quantitative estimate of drug-likeness (QED) is 0.731. The van der Waals surface area contributed by atoms with Crippen molar-refractivity contribution < 1.29 is 9.59 Å². The van der Waals surface area contributed by atoms with Crippen molar-refractivity contribution in [3.8, 4) is 0 Å². The minimum absolute atomic E-state index is 0.0155. The Balaban J connectivity index is 2.13. The molecule has 3 unspecified atom stereocenters. The van der Waals surface area contributed by atoms with Gasteiger partial charge in [-0.3, -0.25) is 9.59 Å². The molecule has 0 radical (unpaired) electrons. The van der Waals surface area contributed by atoms with E-state index in [0.29, 0.717) is 5.56 Å². The Labute approximate surface area is 114 Å². The number of thioether (sulfide) groups is 2. The topological polar surface area (TPSA) is 37.4 Å². The van der Waals surface area contributed by atoms with E-state index >= 15 is 0 Å². The molecule has 0 N–H and O–H groups in total. The summed E-state index contributed by atoms with van der Waals surface area (Å²) in [7, 11) is 0. The molecule has 2 aliphatic rings. The fourth-order valence-electron chi connectivity index (χ4n) is 2.54. The molecule has 1 saturated heterocycles. The molecule has 94 valence electrons. The monoisotopic (exact) mass is 279 g/mol. The van der Waals surface area contributed by atoms with E-state index in [-0.39, 0.29) is 27.7 Å². The molecule has 3 atom stereocenters. The smallest absolute Gasteiger partial charge is 0.256 e. The zero-order valence-electron chi connectivity index (χ0n) is 10.1. The minimum Gasteiger partial charge on any atom is -0.315 e. The van der Waals surface area contributed by atoms with Gasteiger partial charge in [-0.05, 0) is 30.8 Å². The van der Waals surface area contributed by atoms with Gasteiger partial charge in [0.05, 0.1) is 10.9 Å². The van der Waals surface area contributed by atoms with Crippen molar-refractivity contribution in [2.24, 2.45) is 0 Å². The van der Waals surface area contributed by atoms with Crippen LogP contribution in [-0.4, -0.2) is 32.6 Å². The van der Waals surface area contributed by atoms with Crippen LogP contribution in [0.25, 0.3) is 0 Å². The summed E-state index contributed by atoms with van der Waals surface area (Å²) in [6, 6.07) is 7.07. The van der Waals surface area contributed by atoms with Gasteiger partial charge in [0.1, 0.15) is 6.04 Å². The number of hydrogen-bond acceptors (Lipinski definition) is 4. The first-order valence-corrected chi connectivity index (χ1v) is 7.64. The number of carbonyl (C=O) groups excluding carboxylic acids is 2. The molecule has 0 aromatic heterocycles. The van der Waals surface area contributed by atoms with Gasteiger partial charge >= 0.3 is 0 Å². The Morgan fingerprint density at radius 3 is 2.67 bits per heavy atom. The molecule has 0 saturated carbocycles. The van der Waals surface area contributed by atoms with Crippen LogP contribution >= 0.6 is 23.5 Å². The average molecular weight is 279 g/mol. The first kappa shape index (κ1) is 12.1. The fourth-order valence-corrected chi connectivity index (χ4v) is 5.08. The van der Waals surface area contributed by atoms with Crippen molar-refractivity contribution in [3.05, 3.63) is 29.8 Å². The molecule has 2 aliphatic heterocycles. The van der Waals surface area contributed by atoms with Crippen LogP contribution in [0.3, 0.4) is 0 Å². The van der Waals surface area contributed by atoms with Gasteiger partial charge in [0.25, 0.3) is 5.91 Å². The lowest BCUT2D eigenvalue weighted by Gasteiger charge is -2.25. The van der Waals surface area contributed by atoms with Gasteiger partial charge in [0.15, 0.2) is 0 Å². The number of nitrogens with zero attached hydrogens (tertiary/aromatic N) is 1. The Kier molecular flexibility index (Phi) is 2.90. The summed E-state index contributed by atoms with van der Waals surface area (Å²) >= 11 is 2.89. The van der Waals surface area contributed by atoms with Gasteiger partial charge in [0, 0.05) is 10.1 Å². The van der Waals surface area contributed by atoms with Crippen LogP contribution in [0.15, 0.2) is 29.2 Å². The third-order valence-corrected chi connectivity index (χ3v) is 5.68. The number of benzene rings is 1. The van der Waals surface area contributed by atoms with Crippen molar-refractivity contribution in [2.45, 2.75) is 35.4 Å². The van der Waals surface area contributed by atoms with Crippen molar-refractivity contribution in [3.63, 3.8) is 0 Å². The molecular formula is C13H13NO2S2. The summed E-state index contributed by atoms with van der Waals surface area (Å²) in [5.41, 5.74) is 0.653. The summed E-state index contributed by atoms with van der Waals surface area (Å²) in [5.74, 6) is -0.0155. The van der Waals surface area contributed by atoms with Crippen LogP contribution in [-0.2, 0) is 4.79 Å². The summed E-state index contributed by atoms with van der Waals surface area (Å²) in [6.07, 6.45) is 0. The molecule has 1 fully saturated rings. The normalized spacial score (nSPS) is 31.0. The third-order valence-electron chi connectivity index (χ3n) is 3.35. The van der Waals surface area contributed by atoms with Crippen molar-refractivity contribution in [1.29, 1.82) is 0 Å². The number of carbonyl (C=O) groups is 2. The van der Waals surface area contributed by atoms with E-state index < -0.39 is 0 Å². The van der Waals surface area contributed by atoms with Crippen LogP contribution in [0.1, 0.15) is 24.2 Å².